The molecular formula is C19H20N4O2. The van der Waals surface area contributed by atoms with E-state index < -0.39 is 0 Å². The van der Waals surface area contributed by atoms with Crippen molar-refractivity contribution in [3.8, 4) is 11.3 Å². The Morgan fingerprint density at radius 2 is 2.08 bits per heavy atom. The smallest absolute Gasteiger partial charge is 0.267 e. The van der Waals surface area contributed by atoms with Crippen molar-refractivity contribution in [3.63, 3.8) is 0 Å². The van der Waals surface area contributed by atoms with E-state index in [1.54, 1.807) is 12.3 Å². The molecule has 0 N–H and O–H groups in total. The first-order chi connectivity index (χ1) is 12.2. The maximum atomic E-state index is 12.0. The van der Waals surface area contributed by atoms with Crippen LogP contribution < -0.4 is 5.56 Å². The van der Waals surface area contributed by atoms with Crippen LogP contribution in [0.25, 0.3) is 11.3 Å². The molecule has 1 aromatic carbocycles. The zero-order valence-electron chi connectivity index (χ0n) is 14.2. The van der Waals surface area contributed by atoms with Crippen molar-refractivity contribution < 1.29 is 4.42 Å². The maximum Gasteiger partial charge on any atom is 0.267 e. The van der Waals surface area contributed by atoms with Gasteiger partial charge in [0.1, 0.15) is 0 Å². The largest absolute Gasteiger partial charge is 0.439 e. The van der Waals surface area contributed by atoms with E-state index in [2.05, 4.69) is 15.0 Å². The standard InChI is InChI=1S/C19H20N4O2/c1-2-23-19(24)10-15-12-22(9-8-16(15)21-23)13-18-20-11-17(25-18)14-6-4-3-5-7-14/h3-7,10-11H,2,8-9,12-13H2,1H3. The Kier molecular flexibility index (Phi) is 4.19. The molecule has 0 amide bonds. The summed E-state index contributed by atoms with van der Waals surface area (Å²) >= 11 is 0. The number of aryl methyl sites for hydroxylation is 1. The third-order valence-electron chi connectivity index (χ3n) is 4.49. The summed E-state index contributed by atoms with van der Waals surface area (Å²) in [6, 6.07) is 11.7. The molecule has 128 valence electrons. The first-order valence-corrected chi connectivity index (χ1v) is 8.55. The van der Waals surface area contributed by atoms with Gasteiger partial charge in [0, 0.05) is 37.7 Å². The molecule has 1 aliphatic heterocycles. The molecule has 0 radical (unpaired) electrons. The molecule has 25 heavy (non-hydrogen) atoms. The molecule has 3 heterocycles. The molecule has 0 spiro atoms. The lowest BCUT2D eigenvalue weighted by atomic mass is 10.1. The van der Waals surface area contributed by atoms with E-state index in [0.717, 1.165) is 35.5 Å². The Morgan fingerprint density at radius 3 is 2.88 bits per heavy atom. The molecule has 0 saturated heterocycles. The Morgan fingerprint density at radius 1 is 1.24 bits per heavy atom. The number of fused-ring (bicyclic) bond motifs is 1. The zero-order valence-corrected chi connectivity index (χ0v) is 14.2. The molecular weight excluding hydrogens is 316 g/mol. The molecule has 3 aromatic rings. The molecule has 1 aliphatic rings. The summed E-state index contributed by atoms with van der Waals surface area (Å²) in [6.45, 7) is 4.75. The van der Waals surface area contributed by atoms with Crippen LogP contribution in [0.3, 0.4) is 0 Å². The van der Waals surface area contributed by atoms with E-state index in [1.165, 1.54) is 4.68 Å². The third kappa shape index (κ3) is 3.25. The number of aromatic nitrogens is 3. The topological polar surface area (TPSA) is 64.2 Å². The van der Waals surface area contributed by atoms with Crippen LogP contribution in [0, 0.1) is 0 Å². The van der Waals surface area contributed by atoms with Crippen LogP contribution >= 0.6 is 0 Å². The van der Waals surface area contributed by atoms with Crippen LogP contribution in [-0.4, -0.2) is 26.2 Å². The minimum atomic E-state index is -0.0365. The second kappa shape index (κ2) is 6.64. The summed E-state index contributed by atoms with van der Waals surface area (Å²) in [5.74, 6) is 1.47. The van der Waals surface area contributed by atoms with Crippen molar-refractivity contribution in [2.45, 2.75) is 33.0 Å². The van der Waals surface area contributed by atoms with Gasteiger partial charge < -0.3 is 4.42 Å². The van der Waals surface area contributed by atoms with E-state index >= 15 is 0 Å². The van der Waals surface area contributed by atoms with Crippen LogP contribution in [0.2, 0.25) is 0 Å². The minimum Gasteiger partial charge on any atom is -0.439 e. The van der Waals surface area contributed by atoms with Crippen LogP contribution in [0.4, 0.5) is 0 Å². The lowest BCUT2D eigenvalue weighted by Crippen LogP contribution is -2.34. The van der Waals surface area contributed by atoms with Gasteiger partial charge in [-0.25, -0.2) is 9.67 Å². The van der Waals surface area contributed by atoms with Gasteiger partial charge in [0.25, 0.3) is 5.56 Å². The Labute approximate surface area is 145 Å². The zero-order chi connectivity index (χ0) is 17.2. The van der Waals surface area contributed by atoms with Crippen LogP contribution in [0.1, 0.15) is 24.1 Å². The normalized spacial score (nSPS) is 14.4. The monoisotopic (exact) mass is 336 g/mol. The van der Waals surface area contributed by atoms with E-state index in [1.807, 2.05) is 37.3 Å². The van der Waals surface area contributed by atoms with Crippen LogP contribution in [-0.2, 0) is 26.1 Å². The molecule has 6 heteroatoms. The van der Waals surface area contributed by atoms with Gasteiger partial charge in [-0.2, -0.15) is 5.10 Å². The van der Waals surface area contributed by atoms with Gasteiger partial charge in [-0.3, -0.25) is 9.69 Å². The predicted octanol–water partition coefficient (Wildman–Crippen LogP) is 2.48. The van der Waals surface area contributed by atoms with Gasteiger partial charge in [-0.15, -0.1) is 0 Å². The van der Waals surface area contributed by atoms with Crippen molar-refractivity contribution in [2.75, 3.05) is 6.54 Å². The van der Waals surface area contributed by atoms with Crippen LogP contribution in [0.15, 0.2) is 51.8 Å². The predicted molar refractivity (Wildman–Crippen MR) is 93.9 cm³/mol. The highest BCUT2D eigenvalue weighted by molar-refractivity contribution is 5.55. The fraction of sp³-hybridized carbons (Fsp3) is 0.316. The molecule has 6 nitrogen and oxygen atoms in total. The highest BCUT2D eigenvalue weighted by Gasteiger charge is 2.20. The highest BCUT2D eigenvalue weighted by atomic mass is 16.4. The minimum absolute atomic E-state index is 0.0365. The molecule has 4 rings (SSSR count). The second-order valence-electron chi connectivity index (χ2n) is 6.22. The van der Waals surface area contributed by atoms with Gasteiger partial charge in [0.05, 0.1) is 18.4 Å². The SMILES string of the molecule is CCn1nc2c(cc1=O)CN(Cc1ncc(-c3ccccc3)o1)CC2. The van der Waals surface area contributed by atoms with E-state index in [4.69, 9.17) is 4.42 Å². The van der Waals surface area contributed by atoms with Gasteiger partial charge in [0.2, 0.25) is 5.89 Å². The average molecular weight is 336 g/mol. The molecule has 0 fully saturated rings. The number of hydrogen-bond donors (Lipinski definition) is 0. The van der Waals surface area contributed by atoms with Gasteiger partial charge in [0.15, 0.2) is 5.76 Å². The van der Waals surface area contributed by atoms with E-state index in [-0.39, 0.29) is 5.56 Å². The number of hydrogen-bond acceptors (Lipinski definition) is 5. The molecule has 0 aliphatic carbocycles. The van der Waals surface area contributed by atoms with E-state index in [0.29, 0.717) is 25.5 Å². The molecule has 0 saturated carbocycles. The van der Waals surface area contributed by atoms with Crippen molar-refractivity contribution >= 4 is 0 Å². The van der Waals surface area contributed by atoms with Crippen molar-refractivity contribution in [3.05, 3.63) is 70.1 Å². The molecule has 0 atom stereocenters. The highest BCUT2D eigenvalue weighted by Crippen LogP contribution is 2.22. The van der Waals surface area contributed by atoms with Gasteiger partial charge >= 0.3 is 0 Å². The van der Waals surface area contributed by atoms with Gasteiger partial charge in [-0.05, 0) is 12.5 Å². The fourth-order valence-electron chi connectivity index (χ4n) is 3.17. The van der Waals surface area contributed by atoms with Crippen molar-refractivity contribution in [2.24, 2.45) is 0 Å². The van der Waals surface area contributed by atoms with Crippen LogP contribution in [0.5, 0.6) is 0 Å². The first-order valence-electron chi connectivity index (χ1n) is 8.55. The first kappa shape index (κ1) is 15.8. The average Bonchev–Trinajstić information content (AvgIpc) is 3.10. The summed E-state index contributed by atoms with van der Waals surface area (Å²) in [5, 5.41) is 4.46. The summed E-state index contributed by atoms with van der Waals surface area (Å²) in [7, 11) is 0. The summed E-state index contributed by atoms with van der Waals surface area (Å²) < 4.78 is 7.41. The number of benzene rings is 1. The summed E-state index contributed by atoms with van der Waals surface area (Å²) in [6.07, 6.45) is 2.60. The lowest BCUT2D eigenvalue weighted by Gasteiger charge is -2.26. The van der Waals surface area contributed by atoms with E-state index in [9.17, 15) is 4.79 Å². The molecule has 0 unspecified atom stereocenters. The quantitative estimate of drug-likeness (QED) is 0.732. The van der Waals surface area contributed by atoms with Gasteiger partial charge in [-0.1, -0.05) is 30.3 Å². The number of oxazole rings is 1. The summed E-state index contributed by atoms with van der Waals surface area (Å²) in [4.78, 5) is 18.6. The third-order valence-corrected chi connectivity index (χ3v) is 4.49. The molecule has 2 aromatic heterocycles. The summed E-state index contributed by atoms with van der Waals surface area (Å²) in [5.41, 5.74) is 3.02. The second-order valence-corrected chi connectivity index (χ2v) is 6.22. The Hall–Kier alpha value is -2.73. The Bertz CT molecular complexity index is 930. The van der Waals surface area contributed by atoms with Crippen molar-refractivity contribution in [1.29, 1.82) is 0 Å². The number of rotatable bonds is 4. The number of nitrogens with zero attached hydrogens (tertiary/aromatic N) is 4. The lowest BCUT2D eigenvalue weighted by molar-refractivity contribution is 0.218. The van der Waals surface area contributed by atoms with Crippen molar-refractivity contribution in [1.82, 2.24) is 19.7 Å². The molecule has 0 bridgehead atoms. The Balaban J connectivity index is 1.49. The maximum absolute atomic E-state index is 12.0. The fourth-order valence-corrected chi connectivity index (χ4v) is 3.17.